The van der Waals surface area contributed by atoms with Crippen LogP contribution < -0.4 is 10.1 Å². The number of hydrogen-bond acceptors (Lipinski definition) is 4. The van der Waals surface area contributed by atoms with Crippen molar-refractivity contribution in [3.8, 4) is 5.75 Å². The second kappa shape index (κ2) is 8.82. The van der Waals surface area contributed by atoms with Crippen LogP contribution in [0.15, 0.2) is 51.8 Å². The van der Waals surface area contributed by atoms with Crippen LogP contribution in [-0.2, 0) is 14.8 Å². The van der Waals surface area contributed by atoms with Gasteiger partial charge in [0.05, 0.1) is 22.7 Å². The molecule has 2 aromatic carbocycles. The highest BCUT2D eigenvalue weighted by molar-refractivity contribution is 9.10. The number of amides is 1. The van der Waals surface area contributed by atoms with E-state index in [1.807, 2.05) is 0 Å². The standard InChI is InChI=1S/C19H20BrClN2O4S/c1-27-15-3-5-16(6-4-15)28(25,26)23-10-8-13(9-11-23)19(24)22-18-7-2-14(20)12-17(18)21/h2-7,12-13H,8-11H2,1H3,(H,22,24). The zero-order valence-corrected chi connectivity index (χ0v) is 18.4. The molecule has 1 amide bonds. The zero-order chi connectivity index (χ0) is 20.3. The van der Waals surface area contributed by atoms with Crippen LogP contribution in [0, 0.1) is 5.92 Å². The van der Waals surface area contributed by atoms with Crippen LogP contribution in [0.1, 0.15) is 12.8 Å². The molecular formula is C19H20BrClN2O4S. The molecule has 3 rings (SSSR count). The Labute approximate surface area is 178 Å². The normalized spacial score (nSPS) is 16.0. The lowest BCUT2D eigenvalue weighted by Crippen LogP contribution is -2.41. The lowest BCUT2D eigenvalue weighted by molar-refractivity contribution is -0.120. The van der Waals surface area contributed by atoms with Gasteiger partial charge in [0.1, 0.15) is 5.75 Å². The maximum Gasteiger partial charge on any atom is 0.243 e. The third-order valence-corrected chi connectivity index (χ3v) is 7.43. The highest BCUT2D eigenvalue weighted by Crippen LogP contribution is 2.29. The largest absolute Gasteiger partial charge is 0.497 e. The van der Waals surface area contributed by atoms with E-state index >= 15 is 0 Å². The molecule has 1 heterocycles. The summed E-state index contributed by atoms with van der Waals surface area (Å²) in [5.41, 5.74) is 0.545. The number of carbonyl (C=O) groups excluding carboxylic acids is 1. The number of methoxy groups -OCH3 is 1. The van der Waals surface area contributed by atoms with Gasteiger partial charge in [-0.05, 0) is 55.3 Å². The number of rotatable bonds is 5. The SMILES string of the molecule is COc1ccc(S(=O)(=O)N2CCC(C(=O)Nc3ccc(Br)cc3Cl)CC2)cc1. The van der Waals surface area contributed by atoms with E-state index in [1.165, 1.54) is 23.5 Å². The van der Waals surface area contributed by atoms with Crippen LogP contribution in [0.4, 0.5) is 5.69 Å². The van der Waals surface area contributed by atoms with E-state index in [-0.39, 0.29) is 16.7 Å². The van der Waals surface area contributed by atoms with Gasteiger partial charge in [-0.1, -0.05) is 27.5 Å². The average Bonchev–Trinajstić information content (AvgIpc) is 2.70. The van der Waals surface area contributed by atoms with Gasteiger partial charge in [-0.25, -0.2) is 8.42 Å². The number of nitrogens with zero attached hydrogens (tertiary/aromatic N) is 1. The molecule has 1 saturated heterocycles. The van der Waals surface area contributed by atoms with E-state index in [4.69, 9.17) is 16.3 Å². The first-order valence-corrected chi connectivity index (χ1v) is 11.3. The number of sulfonamides is 1. The summed E-state index contributed by atoms with van der Waals surface area (Å²) in [7, 11) is -2.06. The van der Waals surface area contributed by atoms with Gasteiger partial charge in [-0.3, -0.25) is 4.79 Å². The molecule has 28 heavy (non-hydrogen) atoms. The van der Waals surface area contributed by atoms with Crippen LogP contribution in [-0.4, -0.2) is 38.8 Å². The maximum atomic E-state index is 12.8. The monoisotopic (exact) mass is 486 g/mol. The summed E-state index contributed by atoms with van der Waals surface area (Å²) in [5.74, 6) is 0.189. The van der Waals surface area contributed by atoms with Crippen molar-refractivity contribution >= 4 is 49.1 Å². The Bertz CT molecular complexity index is 958. The minimum atomic E-state index is -3.59. The number of ether oxygens (including phenoxy) is 1. The first kappa shape index (κ1) is 21.1. The van der Waals surface area contributed by atoms with Crippen molar-refractivity contribution in [1.82, 2.24) is 4.31 Å². The van der Waals surface area contributed by atoms with Gasteiger partial charge >= 0.3 is 0 Å². The van der Waals surface area contributed by atoms with Crippen LogP contribution in [0.2, 0.25) is 5.02 Å². The third kappa shape index (κ3) is 4.68. The van der Waals surface area contributed by atoms with Crippen molar-refractivity contribution in [1.29, 1.82) is 0 Å². The van der Waals surface area contributed by atoms with Crippen LogP contribution in [0.25, 0.3) is 0 Å². The zero-order valence-electron chi connectivity index (χ0n) is 15.2. The van der Waals surface area contributed by atoms with Crippen molar-refractivity contribution in [3.05, 3.63) is 52.0 Å². The summed E-state index contributed by atoms with van der Waals surface area (Å²) in [6.45, 7) is 0.584. The van der Waals surface area contributed by atoms with E-state index in [0.717, 1.165) is 4.47 Å². The predicted octanol–water partition coefficient (Wildman–Crippen LogP) is 4.15. The lowest BCUT2D eigenvalue weighted by Gasteiger charge is -2.30. The summed E-state index contributed by atoms with van der Waals surface area (Å²) in [6.07, 6.45) is 0.907. The number of piperidine rings is 1. The van der Waals surface area contributed by atoms with Crippen molar-refractivity contribution in [2.45, 2.75) is 17.7 Å². The smallest absolute Gasteiger partial charge is 0.243 e. The van der Waals surface area contributed by atoms with E-state index in [0.29, 0.717) is 42.4 Å². The van der Waals surface area contributed by atoms with Crippen molar-refractivity contribution in [3.63, 3.8) is 0 Å². The first-order valence-electron chi connectivity index (χ1n) is 8.71. The van der Waals surface area contributed by atoms with Gasteiger partial charge in [0, 0.05) is 23.5 Å². The van der Waals surface area contributed by atoms with E-state index < -0.39 is 10.0 Å². The summed E-state index contributed by atoms with van der Waals surface area (Å²) in [6, 6.07) is 11.5. The molecule has 0 radical (unpaired) electrons. The molecule has 0 saturated carbocycles. The topological polar surface area (TPSA) is 75.7 Å². The highest BCUT2D eigenvalue weighted by atomic mass is 79.9. The van der Waals surface area contributed by atoms with Gasteiger partial charge in [0.25, 0.3) is 0 Å². The van der Waals surface area contributed by atoms with E-state index in [2.05, 4.69) is 21.2 Å². The van der Waals surface area contributed by atoms with Crippen LogP contribution >= 0.6 is 27.5 Å². The fraction of sp³-hybridized carbons (Fsp3) is 0.316. The molecule has 6 nitrogen and oxygen atoms in total. The minimum Gasteiger partial charge on any atom is -0.497 e. The fourth-order valence-corrected chi connectivity index (χ4v) is 5.27. The summed E-state index contributed by atoms with van der Waals surface area (Å²) in [4.78, 5) is 12.8. The number of hydrogen-bond donors (Lipinski definition) is 1. The number of carbonyl (C=O) groups is 1. The van der Waals surface area contributed by atoms with Crippen molar-refractivity contribution in [2.75, 3.05) is 25.5 Å². The molecule has 0 spiro atoms. The molecule has 150 valence electrons. The lowest BCUT2D eigenvalue weighted by atomic mass is 9.97. The summed E-state index contributed by atoms with van der Waals surface area (Å²) < 4.78 is 32.9. The Morgan fingerprint density at radius 1 is 1.18 bits per heavy atom. The molecule has 9 heteroatoms. The molecule has 1 fully saturated rings. The molecule has 0 aliphatic carbocycles. The van der Waals surface area contributed by atoms with Crippen LogP contribution in [0.3, 0.4) is 0 Å². The number of nitrogens with one attached hydrogen (secondary N) is 1. The van der Waals surface area contributed by atoms with Gasteiger partial charge < -0.3 is 10.1 Å². The summed E-state index contributed by atoms with van der Waals surface area (Å²) in [5, 5.41) is 3.28. The number of anilines is 1. The van der Waals surface area contributed by atoms with Crippen LogP contribution in [0.5, 0.6) is 5.75 Å². The predicted molar refractivity (Wildman–Crippen MR) is 112 cm³/mol. The molecule has 1 N–H and O–H groups in total. The van der Waals surface area contributed by atoms with Crippen molar-refractivity contribution in [2.24, 2.45) is 5.92 Å². The third-order valence-electron chi connectivity index (χ3n) is 4.71. The second-order valence-corrected chi connectivity index (χ2v) is 9.73. The summed E-state index contributed by atoms with van der Waals surface area (Å²) >= 11 is 9.47. The molecule has 0 atom stereocenters. The number of halogens is 2. The first-order chi connectivity index (χ1) is 13.3. The van der Waals surface area contributed by atoms with Gasteiger partial charge in [-0.2, -0.15) is 4.31 Å². The van der Waals surface area contributed by atoms with E-state index in [1.54, 1.807) is 30.3 Å². The Morgan fingerprint density at radius 3 is 2.39 bits per heavy atom. The number of benzene rings is 2. The maximum absolute atomic E-state index is 12.8. The Balaban J connectivity index is 1.62. The minimum absolute atomic E-state index is 0.147. The molecule has 0 unspecified atom stereocenters. The molecule has 1 aliphatic rings. The van der Waals surface area contributed by atoms with E-state index in [9.17, 15) is 13.2 Å². The molecular weight excluding hydrogens is 468 g/mol. The molecule has 0 bridgehead atoms. The molecule has 2 aromatic rings. The molecule has 0 aromatic heterocycles. The Kier molecular flexibility index (Phi) is 6.65. The van der Waals surface area contributed by atoms with Gasteiger partial charge in [-0.15, -0.1) is 0 Å². The van der Waals surface area contributed by atoms with Crippen molar-refractivity contribution < 1.29 is 17.9 Å². The Morgan fingerprint density at radius 2 is 1.82 bits per heavy atom. The Hall–Kier alpha value is -1.61. The highest BCUT2D eigenvalue weighted by Gasteiger charge is 2.32. The molecule has 1 aliphatic heterocycles. The van der Waals surface area contributed by atoms with Gasteiger partial charge in [0.2, 0.25) is 15.9 Å². The fourth-order valence-electron chi connectivity index (χ4n) is 3.08. The van der Waals surface area contributed by atoms with Gasteiger partial charge in [0.15, 0.2) is 0 Å². The average molecular weight is 488 g/mol. The second-order valence-electron chi connectivity index (χ2n) is 6.47. The quantitative estimate of drug-likeness (QED) is 0.687.